The lowest BCUT2D eigenvalue weighted by Crippen LogP contribution is -2.11. The third-order valence-electron chi connectivity index (χ3n) is 0.988. The van der Waals surface area contributed by atoms with Gasteiger partial charge < -0.3 is 0 Å². The predicted molar refractivity (Wildman–Crippen MR) is 43.9 cm³/mol. The fourth-order valence-electron chi connectivity index (χ4n) is 0.560. The third kappa shape index (κ3) is 3.62. The van der Waals surface area contributed by atoms with E-state index in [2.05, 4.69) is 13.2 Å². The van der Waals surface area contributed by atoms with Crippen molar-refractivity contribution in [3.8, 4) is 0 Å². The van der Waals surface area contributed by atoms with Crippen molar-refractivity contribution in [1.29, 1.82) is 0 Å². The number of rotatable bonds is 2. The Labute approximate surface area is 74.0 Å². The highest BCUT2D eigenvalue weighted by Crippen LogP contribution is 2.32. The number of halogens is 4. The fraction of sp³-hybridized carbons (Fsp3) is 0.250. The van der Waals surface area contributed by atoms with E-state index < -0.39 is 16.8 Å². The molecule has 0 radical (unpaired) electrons. The summed E-state index contributed by atoms with van der Waals surface area (Å²) in [5.41, 5.74) is -0.666. The van der Waals surface area contributed by atoms with Gasteiger partial charge >= 0.3 is 6.18 Å². The highest BCUT2D eigenvalue weighted by molar-refractivity contribution is 6.31. The molecule has 0 saturated carbocycles. The number of hydrogen-bond acceptors (Lipinski definition) is 0. The Morgan fingerprint density at radius 3 is 1.83 bits per heavy atom. The van der Waals surface area contributed by atoms with Crippen LogP contribution in [0, 0.1) is 0 Å². The van der Waals surface area contributed by atoms with Crippen molar-refractivity contribution in [2.75, 3.05) is 0 Å². The zero-order valence-electron chi connectivity index (χ0n) is 6.50. The van der Waals surface area contributed by atoms with Crippen LogP contribution in [0.1, 0.15) is 6.92 Å². The van der Waals surface area contributed by atoms with E-state index in [1.54, 1.807) is 0 Å². The van der Waals surface area contributed by atoms with Gasteiger partial charge in [0.1, 0.15) is 0 Å². The molecule has 0 saturated heterocycles. The summed E-state index contributed by atoms with van der Waals surface area (Å²) in [5.74, 6) is 0. The van der Waals surface area contributed by atoms with Crippen molar-refractivity contribution >= 4 is 11.6 Å². The summed E-state index contributed by atoms with van der Waals surface area (Å²) in [5, 5.41) is -0.523. The van der Waals surface area contributed by atoms with Gasteiger partial charge in [-0.25, -0.2) is 0 Å². The average molecular weight is 197 g/mol. The van der Waals surface area contributed by atoms with Crippen molar-refractivity contribution in [2.45, 2.75) is 13.1 Å². The lowest BCUT2D eigenvalue weighted by Gasteiger charge is -2.09. The molecule has 4 heteroatoms. The van der Waals surface area contributed by atoms with E-state index in [0.717, 1.165) is 6.08 Å². The van der Waals surface area contributed by atoms with Crippen LogP contribution in [-0.4, -0.2) is 6.18 Å². The van der Waals surface area contributed by atoms with Gasteiger partial charge in [-0.2, -0.15) is 13.2 Å². The van der Waals surface area contributed by atoms with E-state index in [0.29, 0.717) is 0 Å². The van der Waals surface area contributed by atoms with Gasteiger partial charge in [0.2, 0.25) is 0 Å². The molecule has 0 aliphatic heterocycles. The van der Waals surface area contributed by atoms with Crippen molar-refractivity contribution < 1.29 is 13.2 Å². The first-order valence-corrected chi connectivity index (χ1v) is 3.42. The molecule has 0 bridgehead atoms. The van der Waals surface area contributed by atoms with E-state index in [9.17, 15) is 13.2 Å². The Morgan fingerprint density at radius 1 is 1.33 bits per heavy atom. The second kappa shape index (κ2) is 3.81. The average Bonchev–Trinajstić information content (AvgIpc) is 1.79. The molecular weight excluding hydrogens is 189 g/mol. The molecule has 0 aliphatic rings. The van der Waals surface area contributed by atoms with Gasteiger partial charge in [-0.15, -0.1) is 0 Å². The fourth-order valence-corrected chi connectivity index (χ4v) is 0.722. The number of alkyl halides is 3. The topological polar surface area (TPSA) is 0 Å². The molecule has 12 heavy (non-hydrogen) atoms. The Kier molecular flexibility index (Phi) is 3.58. The molecule has 0 amide bonds. The third-order valence-corrected chi connectivity index (χ3v) is 1.19. The van der Waals surface area contributed by atoms with Crippen LogP contribution in [0.3, 0.4) is 0 Å². The smallest absolute Gasteiger partial charge is 0.166 e. The van der Waals surface area contributed by atoms with Gasteiger partial charge in [0, 0.05) is 5.03 Å². The summed E-state index contributed by atoms with van der Waals surface area (Å²) in [6.45, 7) is 7.78. The van der Waals surface area contributed by atoms with E-state index in [-0.39, 0.29) is 5.57 Å². The van der Waals surface area contributed by atoms with E-state index in [1.165, 1.54) is 6.92 Å². The Balaban J connectivity index is 4.94. The highest BCUT2D eigenvalue weighted by atomic mass is 35.5. The maximum absolute atomic E-state index is 12.1. The molecule has 0 aliphatic carbocycles. The van der Waals surface area contributed by atoms with Gasteiger partial charge in [0.05, 0.1) is 5.57 Å². The molecule has 0 N–H and O–H groups in total. The summed E-state index contributed by atoms with van der Waals surface area (Å²) in [6, 6.07) is 0. The second-order valence-electron chi connectivity index (χ2n) is 2.31. The van der Waals surface area contributed by atoms with Crippen LogP contribution in [0.25, 0.3) is 0 Å². The van der Waals surface area contributed by atoms with Gasteiger partial charge in [0.15, 0.2) is 0 Å². The molecule has 0 nitrogen and oxygen atoms in total. The molecule has 0 atom stereocenters. The lowest BCUT2D eigenvalue weighted by atomic mass is 10.2. The molecular formula is C8H8ClF3. The quantitative estimate of drug-likeness (QED) is 0.590. The minimum atomic E-state index is -4.46. The van der Waals surface area contributed by atoms with Crippen LogP contribution >= 0.6 is 11.6 Å². The summed E-state index contributed by atoms with van der Waals surface area (Å²) >= 11 is 5.15. The highest BCUT2D eigenvalue weighted by Gasteiger charge is 2.34. The molecule has 0 fully saturated rings. The molecule has 68 valence electrons. The monoisotopic (exact) mass is 196 g/mol. The van der Waals surface area contributed by atoms with Crippen molar-refractivity contribution in [1.82, 2.24) is 0 Å². The Bertz CT molecular complexity index is 235. The SMILES string of the molecule is C=C(C)/C=C(\C(=C)Cl)C(F)(F)F. The van der Waals surface area contributed by atoms with Crippen LogP contribution in [0.2, 0.25) is 0 Å². The summed E-state index contributed by atoms with van der Waals surface area (Å²) < 4.78 is 36.2. The molecule has 0 aromatic carbocycles. The molecule has 0 heterocycles. The number of hydrogen-bond donors (Lipinski definition) is 0. The van der Waals surface area contributed by atoms with E-state index in [1.807, 2.05) is 0 Å². The lowest BCUT2D eigenvalue weighted by molar-refractivity contribution is -0.0886. The zero-order chi connectivity index (χ0) is 9.94. The second-order valence-corrected chi connectivity index (χ2v) is 2.76. The number of allylic oxidation sites excluding steroid dienone is 4. The van der Waals surface area contributed by atoms with Gasteiger partial charge in [0.25, 0.3) is 0 Å². The first-order valence-electron chi connectivity index (χ1n) is 3.04. The molecule has 0 unspecified atom stereocenters. The van der Waals surface area contributed by atoms with Crippen LogP contribution in [0.5, 0.6) is 0 Å². The summed E-state index contributed by atoms with van der Waals surface area (Å²) in [4.78, 5) is 0. The van der Waals surface area contributed by atoms with Crippen molar-refractivity contribution in [2.24, 2.45) is 0 Å². The largest absolute Gasteiger partial charge is 0.417 e. The normalized spacial score (nSPS) is 12.9. The molecule has 0 spiro atoms. The minimum Gasteiger partial charge on any atom is -0.166 e. The van der Waals surface area contributed by atoms with E-state index >= 15 is 0 Å². The first kappa shape index (κ1) is 11.3. The van der Waals surface area contributed by atoms with Crippen LogP contribution in [0.4, 0.5) is 13.2 Å². The summed E-state index contributed by atoms with van der Waals surface area (Å²) in [7, 11) is 0. The van der Waals surface area contributed by atoms with Gasteiger partial charge in [-0.3, -0.25) is 0 Å². The summed E-state index contributed by atoms with van der Waals surface area (Å²) in [6.07, 6.45) is -3.60. The maximum Gasteiger partial charge on any atom is 0.417 e. The van der Waals surface area contributed by atoms with Gasteiger partial charge in [-0.1, -0.05) is 30.3 Å². The van der Waals surface area contributed by atoms with Crippen molar-refractivity contribution in [3.05, 3.63) is 35.4 Å². The molecule has 0 aromatic rings. The Morgan fingerprint density at radius 2 is 1.75 bits per heavy atom. The zero-order valence-corrected chi connectivity index (χ0v) is 7.26. The molecule has 0 aromatic heterocycles. The van der Waals surface area contributed by atoms with E-state index in [4.69, 9.17) is 11.6 Å². The van der Waals surface area contributed by atoms with Crippen LogP contribution in [-0.2, 0) is 0 Å². The van der Waals surface area contributed by atoms with Crippen LogP contribution in [0.15, 0.2) is 35.4 Å². The maximum atomic E-state index is 12.1. The standard InChI is InChI=1S/C8H8ClF3/c1-5(2)4-7(6(3)9)8(10,11)12/h4H,1,3H2,2H3/b7-4+. The minimum absolute atomic E-state index is 0.282. The Hall–Kier alpha value is -0.700. The van der Waals surface area contributed by atoms with Crippen LogP contribution < -0.4 is 0 Å². The predicted octanol–water partition coefficient (Wildman–Crippen LogP) is 3.80. The first-order chi connectivity index (χ1) is 5.25. The van der Waals surface area contributed by atoms with Crippen molar-refractivity contribution in [3.63, 3.8) is 0 Å². The van der Waals surface area contributed by atoms with Gasteiger partial charge in [-0.05, 0) is 13.0 Å². The molecule has 0 rings (SSSR count).